The van der Waals surface area contributed by atoms with Gasteiger partial charge >= 0.3 is 0 Å². The molecule has 0 bridgehead atoms. The molecule has 0 aromatic rings. The van der Waals surface area contributed by atoms with Crippen molar-refractivity contribution in [2.24, 2.45) is 11.8 Å². The zero-order valence-electron chi connectivity index (χ0n) is 11.7. The molecule has 0 aliphatic carbocycles. The Bertz CT molecular complexity index is 250. The number of rotatable bonds is 7. The number of hydrogen-bond donors (Lipinski definition) is 1. The van der Waals surface area contributed by atoms with Gasteiger partial charge in [-0.3, -0.25) is 4.90 Å². The third kappa shape index (κ3) is 6.04. The van der Waals surface area contributed by atoms with Gasteiger partial charge in [0.25, 0.3) is 0 Å². The molecule has 1 aliphatic rings. The van der Waals surface area contributed by atoms with Crippen LogP contribution in [0.25, 0.3) is 0 Å². The maximum atomic E-state index is 4.12. The van der Waals surface area contributed by atoms with Crippen LogP contribution < -0.4 is 5.32 Å². The van der Waals surface area contributed by atoms with Gasteiger partial charge in [-0.05, 0) is 43.8 Å². The van der Waals surface area contributed by atoms with Crippen LogP contribution >= 0.6 is 0 Å². The first-order valence-corrected chi connectivity index (χ1v) is 6.85. The Labute approximate surface area is 107 Å². The van der Waals surface area contributed by atoms with Crippen molar-refractivity contribution in [3.05, 3.63) is 24.3 Å². The Morgan fingerprint density at radius 1 is 1.53 bits per heavy atom. The first-order valence-electron chi connectivity index (χ1n) is 6.85. The predicted molar refractivity (Wildman–Crippen MR) is 76.2 cm³/mol. The summed E-state index contributed by atoms with van der Waals surface area (Å²) >= 11 is 0. The van der Waals surface area contributed by atoms with Crippen molar-refractivity contribution >= 4 is 0 Å². The number of nitrogens with one attached hydrogen (secondary N) is 1. The molecule has 1 aliphatic heterocycles. The molecule has 0 saturated carbocycles. The smallest absolute Gasteiger partial charge is 0.0227 e. The van der Waals surface area contributed by atoms with Crippen LogP contribution in [0.1, 0.15) is 27.2 Å². The van der Waals surface area contributed by atoms with E-state index in [1.165, 1.54) is 38.2 Å². The number of nitrogens with zero attached hydrogens (tertiary/aromatic N) is 1. The fourth-order valence-electron chi connectivity index (χ4n) is 2.53. The molecule has 98 valence electrons. The highest BCUT2D eigenvalue weighted by Gasteiger charge is 2.18. The summed E-state index contributed by atoms with van der Waals surface area (Å²) in [6, 6.07) is 0. The third-order valence-corrected chi connectivity index (χ3v) is 3.13. The molecule has 17 heavy (non-hydrogen) atoms. The van der Waals surface area contributed by atoms with Gasteiger partial charge in [0.15, 0.2) is 0 Å². The van der Waals surface area contributed by atoms with Gasteiger partial charge in [0.1, 0.15) is 0 Å². The summed E-state index contributed by atoms with van der Waals surface area (Å²) in [6.45, 7) is 16.5. The first-order chi connectivity index (χ1) is 8.11. The lowest BCUT2D eigenvalue weighted by molar-refractivity contribution is 0.231. The van der Waals surface area contributed by atoms with Gasteiger partial charge in [-0.2, -0.15) is 0 Å². The molecule has 0 aromatic heterocycles. The minimum atomic E-state index is 0.725. The second kappa shape index (κ2) is 7.67. The van der Waals surface area contributed by atoms with Crippen molar-refractivity contribution in [3.63, 3.8) is 0 Å². The Morgan fingerprint density at radius 2 is 2.29 bits per heavy atom. The van der Waals surface area contributed by atoms with Crippen LogP contribution in [0.4, 0.5) is 0 Å². The molecule has 0 amide bonds. The maximum absolute atomic E-state index is 4.12. The van der Waals surface area contributed by atoms with Gasteiger partial charge in [0.2, 0.25) is 0 Å². The summed E-state index contributed by atoms with van der Waals surface area (Å²) < 4.78 is 0. The molecule has 0 unspecified atom stereocenters. The molecule has 0 spiro atoms. The second-order valence-electron chi connectivity index (χ2n) is 5.61. The Hall–Kier alpha value is -0.600. The molecule has 1 N–H and O–H groups in total. The topological polar surface area (TPSA) is 15.3 Å². The van der Waals surface area contributed by atoms with Gasteiger partial charge in [0.05, 0.1) is 0 Å². The van der Waals surface area contributed by atoms with E-state index < -0.39 is 0 Å². The van der Waals surface area contributed by atoms with Crippen LogP contribution in [0.15, 0.2) is 24.3 Å². The van der Waals surface area contributed by atoms with E-state index in [9.17, 15) is 0 Å². The van der Waals surface area contributed by atoms with Crippen LogP contribution in [0.3, 0.4) is 0 Å². The SMILES string of the molecule is C=C(/C=C\C)CN(CC(C)C)C[C@@H]1CCNC1. The Balaban J connectivity index is 2.43. The standard InChI is InChI=1S/C15H28N2/c1-5-6-14(4)11-17(10-13(2)3)12-15-7-8-16-9-15/h5-6,13,15-16H,4,7-12H2,1-3H3/b6-5-/t15-/m1/s1. The highest BCUT2D eigenvalue weighted by molar-refractivity contribution is 5.15. The summed E-state index contributed by atoms with van der Waals surface area (Å²) in [7, 11) is 0. The number of allylic oxidation sites excluding steroid dienone is 1. The zero-order chi connectivity index (χ0) is 12.7. The summed E-state index contributed by atoms with van der Waals surface area (Å²) in [4.78, 5) is 2.56. The van der Waals surface area contributed by atoms with Gasteiger partial charge in [0, 0.05) is 19.6 Å². The van der Waals surface area contributed by atoms with E-state index in [1.807, 2.05) is 0 Å². The fraction of sp³-hybridized carbons (Fsp3) is 0.733. The van der Waals surface area contributed by atoms with E-state index in [4.69, 9.17) is 0 Å². The maximum Gasteiger partial charge on any atom is 0.0227 e. The van der Waals surface area contributed by atoms with Gasteiger partial charge < -0.3 is 5.32 Å². The molecule has 2 heteroatoms. The van der Waals surface area contributed by atoms with E-state index in [1.54, 1.807) is 0 Å². The lowest BCUT2D eigenvalue weighted by Crippen LogP contribution is -2.34. The van der Waals surface area contributed by atoms with E-state index in [0.29, 0.717) is 0 Å². The largest absolute Gasteiger partial charge is 0.316 e. The van der Waals surface area contributed by atoms with Crippen molar-refractivity contribution in [1.29, 1.82) is 0 Å². The fourth-order valence-corrected chi connectivity index (χ4v) is 2.53. The van der Waals surface area contributed by atoms with Crippen LogP contribution in [0.2, 0.25) is 0 Å². The highest BCUT2D eigenvalue weighted by Crippen LogP contribution is 2.12. The Kier molecular flexibility index (Phi) is 6.53. The lowest BCUT2D eigenvalue weighted by Gasteiger charge is -2.27. The minimum absolute atomic E-state index is 0.725. The van der Waals surface area contributed by atoms with Crippen molar-refractivity contribution in [2.75, 3.05) is 32.7 Å². The van der Waals surface area contributed by atoms with E-state index in [-0.39, 0.29) is 0 Å². The molecule has 1 saturated heterocycles. The van der Waals surface area contributed by atoms with Crippen LogP contribution in [0, 0.1) is 11.8 Å². The van der Waals surface area contributed by atoms with Crippen molar-refractivity contribution in [1.82, 2.24) is 10.2 Å². The second-order valence-corrected chi connectivity index (χ2v) is 5.61. The van der Waals surface area contributed by atoms with Gasteiger partial charge in [-0.1, -0.05) is 32.6 Å². The Morgan fingerprint density at radius 3 is 2.82 bits per heavy atom. The third-order valence-electron chi connectivity index (χ3n) is 3.13. The molecular weight excluding hydrogens is 208 g/mol. The molecule has 0 radical (unpaired) electrons. The average molecular weight is 236 g/mol. The monoisotopic (exact) mass is 236 g/mol. The van der Waals surface area contributed by atoms with Crippen LogP contribution in [-0.2, 0) is 0 Å². The minimum Gasteiger partial charge on any atom is -0.316 e. The first kappa shape index (κ1) is 14.5. The molecule has 1 atom stereocenters. The van der Waals surface area contributed by atoms with Crippen molar-refractivity contribution in [2.45, 2.75) is 27.2 Å². The molecular formula is C15H28N2. The van der Waals surface area contributed by atoms with Crippen LogP contribution in [-0.4, -0.2) is 37.6 Å². The summed E-state index contributed by atoms with van der Waals surface area (Å²) in [5.41, 5.74) is 1.22. The van der Waals surface area contributed by atoms with Crippen molar-refractivity contribution < 1.29 is 0 Å². The van der Waals surface area contributed by atoms with E-state index >= 15 is 0 Å². The molecule has 2 nitrogen and oxygen atoms in total. The summed E-state index contributed by atoms with van der Waals surface area (Å²) in [6.07, 6.45) is 5.53. The predicted octanol–water partition coefficient (Wildman–Crippen LogP) is 2.69. The van der Waals surface area contributed by atoms with Gasteiger partial charge in [-0.25, -0.2) is 0 Å². The molecule has 0 aromatic carbocycles. The zero-order valence-corrected chi connectivity index (χ0v) is 11.7. The van der Waals surface area contributed by atoms with E-state index in [0.717, 1.165) is 18.4 Å². The van der Waals surface area contributed by atoms with Crippen LogP contribution in [0.5, 0.6) is 0 Å². The van der Waals surface area contributed by atoms with Crippen molar-refractivity contribution in [3.8, 4) is 0 Å². The molecule has 1 heterocycles. The lowest BCUT2D eigenvalue weighted by atomic mass is 10.1. The van der Waals surface area contributed by atoms with Gasteiger partial charge in [-0.15, -0.1) is 0 Å². The quantitative estimate of drug-likeness (QED) is 0.684. The number of hydrogen-bond acceptors (Lipinski definition) is 2. The summed E-state index contributed by atoms with van der Waals surface area (Å²) in [5.74, 6) is 1.55. The average Bonchev–Trinajstić information content (AvgIpc) is 2.69. The summed E-state index contributed by atoms with van der Waals surface area (Å²) in [5, 5.41) is 3.45. The molecule has 1 rings (SSSR count). The normalized spacial score (nSPS) is 20.9. The molecule has 1 fully saturated rings. The highest BCUT2D eigenvalue weighted by atomic mass is 15.1. The van der Waals surface area contributed by atoms with E-state index in [2.05, 4.69) is 49.7 Å².